The average Bonchev–Trinajstić information content (AvgIpc) is 2.97. The Morgan fingerprint density at radius 1 is 1.00 bits per heavy atom. The quantitative estimate of drug-likeness (QED) is 0.837. The summed E-state index contributed by atoms with van der Waals surface area (Å²) in [5.74, 6) is 0.434. The van der Waals surface area contributed by atoms with Crippen LogP contribution in [0.5, 0.6) is 0 Å². The third kappa shape index (κ3) is 2.96. The van der Waals surface area contributed by atoms with Crippen LogP contribution < -0.4 is 15.6 Å². The van der Waals surface area contributed by atoms with E-state index in [2.05, 4.69) is 5.53 Å². The normalized spacial score (nSPS) is 15.8. The van der Waals surface area contributed by atoms with Crippen LogP contribution in [0.2, 0.25) is 0 Å². The third-order valence-corrected chi connectivity index (χ3v) is 4.23. The van der Waals surface area contributed by atoms with Gasteiger partial charge in [0.2, 0.25) is 5.88 Å². The van der Waals surface area contributed by atoms with Crippen LogP contribution >= 0.6 is 0 Å². The highest BCUT2D eigenvalue weighted by Crippen LogP contribution is 2.40. The van der Waals surface area contributed by atoms with Gasteiger partial charge < -0.3 is 15.3 Å². The number of nitrogens with zero attached hydrogens (tertiary/aromatic N) is 2. The molecule has 0 aromatic heterocycles. The van der Waals surface area contributed by atoms with E-state index in [1.165, 1.54) is 24.3 Å². The van der Waals surface area contributed by atoms with Gasteiger partial charge >= 0.3 is 6.18 Å². The Labute approximate surface area is 152 Å². The van der Waals surface area contributed by atoms with Gasteiger partial charge in [-0.2, -0.15) is 13.2 Å². The van der Waals surface area contributed by atoms with Crippen molar-refractivity contribution in [2.45, 2.75) is 6.18 Å². The SMILES string of the molecule is COC1=CC2=C(O)N(c3ccc(C(F)(F)F)cc3)NN2c2ccccc21.O. The van der Waals surface area contributed by atoms with E-state index >= 15 is 0 Å². The molecule has 2 aromatic rings. The highest BCUT2D eigenvalue weighted by atomic mass is 19.4. The summed E-state index contributed by atoms with van der Waals surface area (Å²) in [7, 11) is 1.53. The number of hydrogen-bond donors (Lipinski definition) is 2. The van der Waals surface area contributed by atoms with E-state index in [4.69, 9.17) is 4.74 Å². The van der Waals surface area contributed by atoms with Gasteiger partial charge in [-0.3, -0.25) is 5.01 Å². The van der Waals surface area contributed by atoms with E-state index in [9.17, 15) is 18.3 Å². The van der Waals surface area contributed by atoms with Crippen LogP contribution in [-0.2, 0) is 10.9 Å². The molecule has 9 heteroatoms. The second-order valence-electron chi connectivity index (χ2n) is 5.75. The second kappa shape index (κ2) is 6.53. The number of para-hydroxylation sites is 1. The van der Waals surface area contributed by atoms with Crippen LogP contribution in [0.15, 0.2) is 66.2 Å². The smallest absolute Gasteiger partial charge is 0.416 e. The zero-order valence-electron chi connectivity index (χ0n) is 14.1. The molecule has 6 nitrogen and oxygen atoms in total. The van der Waals surface area contributed by atoms with E-state index in [1.807, 2.05) is 24.3 Å². The van der Waals surface area contributed by atoms with Crippen molar-refractivity contribution >= 4 is 17.1 Å². The van der Waals surface area contributed by atoms with Gasteiger partial charge in [-0.05, 0) is 36.4 Å². The van der Waals surface area contributed by atoms with Crippen LogP contribution in [0.25, 0.3) is 5.76 Å². The summed E-state index contributed by atoms with van der Waals surface area (Å²) in [4.78, 5) is 0. The van der Waals surface area contributed by atoms with Crippen molar-refractivity contribution in [1.29, 1.82) is 0 Å². The third-order valence-electron chi connectivity index (χ3n) is 4.23. The number of nitrogens with one attached hydrogen (secondary N) is 1. The van der Waals surface area contributed by atoms with E-state index < -0.39 is 11.7 Å². The fourth-order valence-corrected chi connectivity index (χ4v) is 2.96. The first kappa shape index (κ1) is 18.6. The highest BCUT2D eigenvalue weighted by molar-refractivity contribution is 5.83. The molecular weight excluding hydrogens is 363 g/mol. The second-order valence-corrected chi connectivity index (χ2v) is 5.75. The number of alkyl halides is 3. The lowest BCUT2D eigenvalue weighted by Crippen LogP contribution is -2.42. The van der Waals surface area contributed by atoms with Crippen molar-refractivity contribution in [2.24, 2.45) is 0 Å². The molecule has 0 radical (unpaired) electrons. The molecule has 2 aromatic carbocycles. The molecule has 0 fully saturated rings. The Kier molecular flexibility index (Phi) is 4.50. The number of methoxy groups -OCH3 is 1. The number of benzene rings is 2. The summed E-state index contributed by atoms with van der Waals surface area (Å²) in [6.07, 6.45) is -2.75. The first-order valence-corrected chi connectivity index (χ1v) is 7.72. The largest absolute Gasteiger partial charge is 0.496 e. The lowest BCUT2D eigenvalue weighted by atomic mass is 10.1. The molecule has 0 saturated heterocycles. The van der Waals surface area contributed by atoms with Gasteiger partial charge in [-0.1, -0.05) is 12.1 Å². The number of hydrazine groups is 2. The predicted octanol–water partition coefficient (Wildman–Crippen LogP) is 3.35. The Hall–Kier alpha value is -3.17. The molecule has 4 N–H and O–H groups in total. The maximum absolute atomic E-state index is 12.7. The summed E-state index contributed by atoms with van der Waals surface area (Å²) < 4.78 is 43.6. The van der Waals surface area contributed by atoms with Crippen molar-refractivity contribution in [2.75, 3.05) is 17.1 Å². The molecule has 27 heavy (non-hydrogen) atoms. The minimum atomic E-state index is -4.41. The van der Waals surface area contributed by atoms with Crippen LogP contribution in [0.4, 0.5) is 24.5 Å². The van der Waals surface area contributed by atoms with Crippen LogP contribution in [0, 0.1) is 0 Å². The zero-order chi connectivity index (χ0) is 18.5. The molecule has 0 bridgehead atoms. The summed E-state index contributed by atoms with van der Waals surface area (Å²) in [5, 5.41) is 13.5. The van der Waals surface area contributed by atoms with Crippen LogP contribution in [-0.4, -0.2) is 17.7 Å². The zero-order valence-corrected chi connectivity index (χ0v) is 14.1. The van der Waals surface area contributed by atoms with Gasteiger partial charge in [-0.15, -0.1) is 5.53 Å². The first-order valence-electron chi connectivity index (χ1n) is 7.72. The fourth-order valence-electron chi connectivity index (χ4n) is 2.96. The van der Waals surface area contributed by atoms with Crippen molar-refractivity contribution < 1.29 is 28.5 Å². The standard InChI is InChI=1S/C18H14F3N3O2.H2O/c1-26-16-10-15-17(25)23(12-8-6-11(7-9-12)18(19,20)21)22-24(15)14-5-3-2-4-13(14)16;/h2-10,22,25H,1H3;1H2. The number of allylic oxidation sites excluding steroid dienone is 1. The van der Waals surface area contributed by atoms with Crippen molar-refractivity contribution in [3.8, 4) is 0 Å². The molecule has 0 unspecified atom stereocenters. The Bertz CT molecular complexity index is 923. The number of rotatable bonds is 2. The van der Waals surface area contributed by atoms with Crippen LogP contribution in [0.1, 0.15) is 11.1 Å². The van der Waals surface area contributed by atoms with Gasteiger partial charge in [0.25, 0.3) is 0 Å². The number of aliphatic hydroxyl groups excluding tert-OH is 1. The number of hydrogen-bond acceptors (Lipinski definition) is 5. The number of aliphatic hydroxyl groups is 1. The molecule has 0 aliphatic carbocycles. The van der Waals surface area contributed by atoms with Gasteiger partial charge in [0.15, 0.2) is 0 Å². The molecule has 2 heterocycles. The first-order chi connectivity index (χ1) is 12.4. The van der Waals surface area contributed by atoms with E-state index in [0.717, 1.165) is 23.4 Å². The molecule has 0 spiro atoms. The number of halogens is 3. The highest BCUT2D eigenvalue weighted by Gasteiger charge is 2.36. The van der Waals surface area contributed by atoms with E-state index in [1.54, 1.807) is 11.1 Å². The Balaban J connectivity index is 0.00000210. The number of fused-ring (bicyclic) bond motifs is 3. The predicted molar refractivity (Wildman–Crippen MR) is 94.2 cm³/mol. The Morgan fingerprint density at radius 2 is 1.67 bits per heavy atom. The monoisotopic (exact) mass is 379 g/mol. The topological polar surface area (TPSA) is 79.5 Å². The molecule has 0 amide bonds. The summed E-state index contributed by atoms with van der Waals surface area (Å²) in [6.45, 7) is 0. The van der Waals surface area contributed by atoms with Gasteiger partial charge in [0.05, 0.1) is 24.0 Å². The lowest BCUT2D eigenvalue weighted by molar-refractivity contribution is -0.137. The Morgan fingerprint density at radius 3 is 2.30 bits per heavy atom. The minimum Gasteiger partial charge on any atom is -0.496 e. The van der Waals surface area contributed by atoms with Crippen molar-refractivity contribution in [3.05, 3.63) is 77.3 Å². The van der Waals surface area contributed by atoms with Gasteiger partial charge in [-0.25, -0.2) is 5.01 Å². The summed E-state index contributed by atoms with van der Waals surface area (Å²) in [5.41, 5.74) is 4.60. The van der Waals surface area contributed by atoms with Crippen molar-refractivity contribution in [1.82, 2.24) is 5.53 Å². The molecule has 4 rings (SSSR count). The molecule has 0 atom stereocenters. The lowest BCUT2D eigenvalue weighted by Gasteiger charge is -2.28. The van der Waals surface area contributed by atoms with E-state index in [-0.39, 0.29) is 11.4 Å². The van der Waals surface area contributed by atoms with Crippen LogP contribution in [0.3, 0.4) is 0 Å². The maximum atomic E-state index is 12.7. The van der Waals surface area contributed by atoms with E-state index in [0.29, 0.717) is 17.1 Å². The molecule has 2 aliphatic rings. The molecule has 2 aliphatic heterocycles. The molecule has 142 valence electrons. The molecule has 0 saturated carbocycles. The number of anilines is 2. The van der Waals surface area contributed by atoms with Gasteiger partial charge in [0, 0.05) is 11.6 Å². The number of ether oxygens (including phenoxy) is 1. The minimum absolute atomic E-state index is 0. The average molecular weight is 379 g/mol. The maximum Gasteiger partial charge on any atom is 0.416 e. The fraction of sp³-hybridized carbons (Fsp3) is 0.111. The summed E-state index contributed by atoms with van der Waals surface area (Å²) in [6, 6.07) is 11.9. The summed E-state index contributed by atoms with van der Waals surface area (Å²) >= 11 is 0. The van der Waals surface area contributed by atoms with Gasteiger partial charge in [0.1, 0.15) is 11.5 Å². The van der Waals surface area contributed by atoms with Crippen molar-refractivity contribution in [3.63, 3.8) is 0 Å². The molecular formula is C18H16F3N3O3.